The zero-order valence-electron chi connectivity index (χ0n) is 27.2. The summed E-state index contributed by atoms with van der Waals surface area (Å²) < 4.78 is 0. The summed E-state index contributed by atoms with van der Waals surface area (Å²) in [4.78, 5) is 0. The van der Waals surface area contributed by atoms with E-state index >= 15 is 0 Å². The standard InChI is InChI=1S/C46H28.C2H6/c1-2-10-30-25-35(20-19-29(30)9-1)37-23-24-43-45-27-32(21-22-40(45)42-18-8-17-41(37)46(42)43)31-12-7-13-33(26-31)44-28-34-11-3-4-14-36(34)38-15-5-6-16-39(38)44;1-2/h1-28H;1-2H3. The molecule has 0 amide bonds. The molecule has 0 atom stereocenters. The summed E-state index contributed by atoms with van der Waals surface area (Å²) in [5.41, 5.74) is 12.8. The van der Waals surface area contributed by atoms with Crippen LogP contribution in [0.25, 0.3) is 98.7 Å². The van der Waals surface area contributed by atoms with Crippen molar-refractivity contribution in [1.82, 2.24) is 0 Å². The molecule has 0 spiro atoms. The molecule has 1 aliphatic carbocycles. The van der Waals surface area contributed by atoms with E-state index in [1.54, 1.807) is 0 Å². The number of hydrogen-bond acceptors (Lipinski definition) is 0. The van der Waals surface area contributed by atoms with Crippen LogP contribution in [0.4, 0.5) is 0 Å². The second kappa shape index (κ2) is 11.4. The molecule has 0 aliphatic heterocycles. The number of rotatable bonds is 3. The van der Waals surface area contributed by atoms with Gasteiger partial charge in [0.25, 0.3) is 0 Å². The van der Waals surface area contributed by atoms with Gasteiger partial charge < -0.3 is 0 Å². The first-order valence-corrected chi connectivity index (χ1v) is 17.0. The van der Waals surface area contributed by atoms with Gasteiger partial charge in [-0.2, -0.15) is 0 Å². The van der Waals surface area contributed by atoms with Crippen molar-refractivity contribution in [1.29, 1.82) is 0 Å². The molecule has 9 aromatic carbocycles. The Morgan fingerprint density at radius 2 is 0.833 bits per heavy atom. The summed E-state index contributed by atoms with van der Waals surface area (Å²) in [7, 11) is 0. The van der Waals surface area contributed by atoms with Crippen molar-refractivity contribution < 1.29 is 0 Å². The number of hydrogen-bond donors (Lipinski definition) is 0. The monoisotopic (exact) mass is 610 g/mol. The maximum atomic E-state index is 2.40. The van der Waals surface area contributed by atoms with Crippen LogP contribution in [0.15, 0.2) is 170 Å². The lowest BCUT2D eigenvalue weighted by Gasteiger charge is -2.13. The van der Waals surface area contributed by atoms with Gasteiger partial charge in [0, 0.05) is 0 Å². The molecule has 48 heavy (non-hydrogen) atoms. The van der Waals surface area contributed by atoms with Gasteiger partial charge in [0.15, 0.2) is 0 Å². The Morgan fingerprint density at radius 1 is 0.250 bits per heavy atom. The molecule has 10 rings (SSSR count). The Hall–Kier alpha value is -5.98. The predicted octanol–water partition coefficient (Wildman–Crippen LogP) is 14.0. The van der Waals surface area contributed by atoms with Crippen LogP contribution in [-0.4, -0.2) is 0 Å². The maximum absolute atomic E-state index is 2.40. The fraction of sp³-hybridized carbons (Fsp3) is 0.0417. The minimum absolute atomic E-state index is 1.23. The van der Waals surface area contributed by atoms with E-state index in [4.69, 9.17) is 0 Å². The fourth-order valence-electron chi connectivity index (χ4n) is 7.81. The van der Waals surface area contributed by atoms with E-state index in [0.29, 0.717) is 0 Å². The Balaban J connectivity index is 0.00000154. The third kappa shape index (κ3) is 4.37. The second-order valence-corrected chi connectivity index (χ2v) is 12.5. The molecular weight excluding hydrogens is 577 g/mol. The molecule has 0 saturated heterocycles. The average Bonchev–Trinajstić information content (AvgIpc) is 3.49. The van der Waals surface area contributed by atoms with Gasteiger partial charge in [-0.1, -0.05) is 159 Å². The minimum Gasteiger partial charge on any atom is -0.0683 e. The van der Waals surface area contributed by atoms with Gasteiger partial charge in [-0.25, -0.2) is 0 Å². The van der Waals surface area contributed by atoms with E-state index in [-0.39, 0.29) is 0 Å². The highest BCUT2D eigenvalue weighted by molar-refractivity contribution is 6.19. The first-order valence-electron chi connectivity index (χ1n) is 17.0. The lowest BCUT2D eigenvalue weighted by molar-refractivity contribution is 1.50. The lowest BCUT2D eigenvalue weighted by atomic mass is 9.91. The average molecular weight is 611 g/mol. The highest BCUT2D eigenvalue weighted by Crippen LogP contribution is 2.50. The third-order valence-corrected chi connectivity index (χ3v) is 9.98. The molecular formula is C48H34. The molecule has 226 valence electrons. The summed E-state index contributed by atoms with van der Waals surface area (Å²) >= 11 is 0. The Kier molecular flexibility index (Phi) is 6.69. The highest BCUT2D eigenvalue weighted by atomic mass is 14.3. The Morgan fingerprint density at radius 3 is 1.71 bits per heavy atom. The molecule has 0 nitrogen and oxygen atoms in total. The molecule has 9 aromatic rings. The van der Waals surface area contributed by atoms with Crippen molar-refractivity contribution in [2.24, 2.45) is 0 Å². The van der Waals surface area contributed by atoms with Crippen LogP contribution in [0.2, 0.25) is 0 Å². The van der Waals surface area contributed by atoms with Crippen LogP contribution in [-0.2, 0) is 0 Å². The zero-order chi connectivity index (χ0) is 32.2. The minimum atomic E-state index is 1.23. The molecule has 0 heteroatoms. The van der Waals surface area contributed by atoms with Crippen LogP contribution >= 0.6 is 0 Å². The quantitative estimate of drug-likeness (QED) is 0.175. The molecule has 0 N–H and O–H groups in total. The molecule has 1 aliphatic rings. The van der Waals surface area contributed by atoms with Crippen LogP contribution in [0.5, 0.6) is 0 Å². The summed E-state index contributed by atoms with van der Waals surface area (Å²) in [5.74, 6) is 0. The first kappa shape index (κ1) is 28.3. The van der Waals surface area contributed by atoms with Crippen molar-refractivity contribution in [2.45, 2.75) is 13.8 Å². The molecule has 0 aromatic heterocycles. The summed E-state index contributed by atoms with van der Waals surface area (Å²) in [6.45, 7) is 4.00. The van der Waals surface area contributed by atoms with Gasteiger partial charge in [-0.3, -0.25) is 0 Å². The van der Waals surface area contributed by atoms with E-state index < -0.39 is 0 Å². The van der Waals surface area contributed by atoms with Crippen molar-refractivity contribution >= 4 is 43.1 Å². The topological polar surface area (TPSA) is 0 Å². The van der Waals surface area contributed by atoms with Gasteiger partial charge in [0.1, 0.15) is 0 Å². The van der Waals surface area contributed by atoms with Gasteiger partial charge in [-0.15, -0.1) is 0 Å². The van der Waals surface area contributed by atoms with Gasteiger partial charge >= 0.3 is 0 Å². The van der Waals surface area contributed by atoms with E-state index in [2.05, 4.69) is 170 Å². The largest absolute Gasteiger partial charge is 0.0683 e. The van der Waals surface area contributed by atoms with Crippen molar-refractivity contribution in [3.05, 3.63) is 170 Å². The van der Waals surface area contributed by atoms with Crippen LogP contribution in [0.3, 0.4) is 0 Å². The fourth-order valence-corrected chi connectivity index (χ4v) is 7.81. The summed E-state index contributed by atoms with van der Waals surface area (Å²) in [6.07, 6.45) is 0. The lowest BCUT2D eigenvalue weighted by Crippen LogP contribution is -1.86. The van der Waals surface area contributed by atoms with Gasteiger partial charge in [0.2, 0.25) is 0 Å². The predicted molar refractivity (Wildman–Crippen MR) is 209 cm³/mol. The van der Waals surface area contributed by atoms with Crippen LogP contribution in [0, 0.1) is 0 Å². The van der Waals surface area contributed by atoms with Crippen molar-refractivity contribution in [3.63, 3.8) is 0 Å². The third-order valence-electron chi connectivity index (χ3n) is 9.98. The first-order chi connectivity index (χ1) is 23.8. The van der Waals surface area contributed by atoms with Crippen LogP contribution in [0.1, 0.15) is 13.8 Å². The highest BCUT2D eigenvalue weighted by Gasteiger charge is 2.23. The van der Waals surface area contributed by atoms with E-state index in [1.807, 2.05) is 13.8 Å². The van der Waals surface area contributed by atoms with E-state index in [9.17, 15) is 0 Å². The van der Waals surface area contributed by atoms with E-state index in [0.717, 1.165) is 0 Å². The second-order valence-electron chi connectivity index (χ2n) is 12.5. The normalized spacial score (nSPS) is 11.5. The smallest absolute Gasteiger partial charge is 0.00201 e. The molecule has 0 fully saturated rings. The summed E-state index contributed by atoms with van der Waals surface area (Å²) in [6, 6.07) is 62.8. The maximum Gasteiger partial charge on any atom is -0.00201 e. The Bertz CT molecular complexity index is 2690. The number of fused-ring (bicyclic) bond motifs is 7. The van der Waals surface area contributed by atoms with Gasteiger partial charge in [0.05, 0.1) is 0 Å². The van der Waals surface area contributed by atoms with E-state index in [1.165, 1.54) is 98.7 Å². The van der Waals surface area contributed by atoms with Crippen molar-refractivity contribution in [3.8, 4) is 55.6 Å². The molecule has 0 bridgehead atoms. The SMILES string of the molecule is CC.c1cc(-c2ccc3c(c2)-c2ccc(-c4ccc5ccccc5c4)c4cccc-3c24)cc(-c2cc3ccccc3c3ccccc23)c1. The molecule has 0 radical (unpaired) electrons. The molecule has 0 unspecified atom stereocenters. The Labute approximate surface area is 281 Å². The zero-order valence-corrected chi connectivity index (χ0v) is 27.2. The van der Waals surface area contributed by atoms with Gasteiger partial charge in [-0.05, 0) is 123 Å². The van der Waals surface area contributed by atoms with Crippen LogP contribution < -0.4 is 0 Å². The molecule has 0 saturated carbocycles. The molecule has 0 heterocycles. The summed E-state index contributed by atoms with van der Waals surface area (Å²) in [5, 5.41) is 10.4. The van der Waals surface area contributed by atoms with Crippen molar-refractivity contribution in [2.75, 3.05) is 0 Å². The number of benzene rings is 9.